The molecule has 2 rings (SSSR count). The summed E-state index contributed by atoms with van der Waals surface area (Å²) < 4.78 is 2.07. The van der Waals surface area contributed by atoms with E-state index >= 15 is 0 Å². The highest BCUT2D eigenvalue weighted by molar-refractivity contribution is 5.06. The number of aromatic nitrogens is 5. The minimum absolute atomic E-state index is 0.118. The summed E-state index contributed by atoms with van der Waals surface area (Å²) in [4.78, 5) is 4.19. The van der Waals surface area contributed by atoms with Gasteiger partial charge in [0.2, 0.25) is 0 Å². The van der Waals surface area contributed by atoms with Gasteiger partial charge in [-0.3, -0.25) is 9.78 Å². The highest BCUT2D eigenvalue weighted by atomic mass is 15.3. The summed E-state index contributed by atoms with van der Waals surface area (Å²) >= 11 is 0. The molecule has 0 saturated carbocycles. The van der Waals surface area contributed by atoms with Crippen molar-refractivity contribution in [2.75, 3.05) is 7.05 Å². The fourth-order valence-electron chi connectivity index (χ4n) is 2.28. The molecule has 0 fully saturated rings. The Morgan fingerprint density at radius 1 is 1.37 bits per heavy atom. The van der Waals surface area contributed by atoms with Crippen LogP contribution in [0, 0.1) is 0 Å². The monoisotopic (exact) mass is 262 g/mol. The Labute approximate surface area is 113 Å². The molecule has 0 aliphatic heterocycles. The predicted molar refractivity (Wildman–Crippen MR) is 73.7 cm³/mol. The van der Waals surface area contributed by atoms with Gasteiger partial charge >= 0.3 is 0 Å². The highest BCUT2D eigenvalue weighted by Crippen LogP contribution is 2.17. The van der Waals surface area contributed by atoms with Crippen molar-refractivity contribution >= 4 is 0 Å². The molecule has 2 N–H and O–H groups in total. The van der Waals surface area contributed by atoms with E-state index in [-0.39, 0.29) is 6.04 Å². The second-order valence-corrected chi connectivity index (χ2v) is 4.67. The summed E-state index contributed by atoms with van der Waals surface area (Å²) in [5, 5.41) is 14.7. The third-order valence-electron chi connectivity index (χ3n) is 3.51. The van der Waals surface area contributed by atoms with Crippen LogP contribution in [0.4, 0.5) is 0 Å². The third-order valence-corrected chi connectivity index (χ3v) is 3.51. The average Bonchev–Trinajstić information content (AvgIpc) is 3.09. The fraction of sp³-hybridized carbons (Fsp3) is 0.615. The molecule has 0 aliphatic carbocycles. The maximum absolute atomic E-state index is 4.66. The normalized spacial score (nSPS) is 13.1. The van der Waals surface area contributed by atoms with Gasteiger partial charge in [-0.2, -0.15) is 10.2 Å². The lowest BCUT2D eigenvalue weighted by Gasteiger charge is -2.13. The first-order chi connectivity index (χ1) is 9.28. The van der Waals surface area contributed by atoms with Crippen LogP contribution in [0.5, 0.6) is 0 Å². The Balaban J connectivity index is 2.06. The smallest absolute Gasteiger partial charge is 0.141 e. The Hall–Kier alpha value is -1.69. The maximum atomic E-state index is 4.66. The van der Waals surface area contributed by atoms with E-state index in [0.717, 1.165) is 30.8 Å². The number of H-pyrrole nitrogens is 1. The molecule has 104 valence electrons. The molecule has 1 atom stereocenters. The molecule has 0 aliphatic rings. The van der Waals surface area contributed by atoms with Gasteiger partial charge in [0.15, 0.2) is 0 Å². The number of hydrogen-bond acceptors (Lipinski definition) is 4. The van der Waals surface area contributed by atoms with Crippen LogP contribution in [0.3, 0.4) is 0 Å². The molecule has 1 unspecified atom stereocenters. The van der Waals surface area contributed by atoms with E-state index in [1.165, 1.54) is 6.33 Å². The third kappa shape index (κ3) is 3.20. The molecule has 0 bridgehead atoms. The van der Waals surface area contributed by atoms with Crippen molar-refractivity contribution in [1.82, 2.24) is 30.3 Å². The van der Waals surface area contributed by atoms with Crippen LogP contribution >= 0.6 is 0 Å². The molecule has 2 aromatic rings. The fourth-order valence-corrected chi connectivity index (χ4v) is 2.28. The number of likely N-dealkylation sites (N-methyl/N-ethyl adjacent to an activating group) is 1. The van der Waals surface area contributed by atoms with Crippen LogP contribution in [0.1, 0.15) is 50.3 Å². The predicted octanol–water partition coefficient (Wildman–Crippen LogP) is 1.87. The van der Waals surface area contributed by atoms with Gasteiger partial charge in [-0.15, -0.1) is 0 Å². The van der Waals surface area contributed by atoms with Crippen LogP contribution in [0.15, 0.2) is 18.6 Å². The van der Waals surface area contributed by atoms with Crippen LogP contribution < -0.4 is 5.32 Å². The largest absolute Gasteiger partial charge is 0.310 e. The van der Waals surface area contributed by atoms with E-state index in [9.17, 15) is 0 Å². The lowest BCUT2D eigenvalue weighted by Crippen LogP contribution is -2.20. The van der Waals surface area contributed by atoms with E-state index < -0.39 is 0 Å². The molecule has 0 aromatic carbocycles. The quantitative estimate of drug-likeness (QED) is 0.799. The number of aromatic amines is 1. The Morgan fingerprint density at radius 2 is 2.16 bits per heavy atom. The standard InChI is InChI=1S/C13H22N6/c1-4-11(5-2)19-7-6-10(18-19)8-12(14-3)13-15-9-16-17-13/h6-7,9,11-12,14H,4-5,8H2,1-3H3,(H,15,16,17). The molecular formula is C13H22N6. The molecule has 6 nitrogen and oxygen atoms in total. The molecule has 0 amide bonds. The van der Waals surface area contributed by atoms with E-state index in [0.29, 0.717) is 6.04 Å². The zero-order valence-corrected chi connectivity index (χ0v) is 11.8. The second-order valence-electron chi connectivity index (χ2n) is 4.67. The molecule has 0 saturated heterocycles. The maximum Gasteiger partial charge on any atom is 0.141 e. The topological polar surface area (TPSA) is 71.4 Å². The zero-order chi connectivity index (χ0) is 13.7. The zero-order valence-electron chi connectivity index (χ0n) is 11.8. The second kappa shape index (κ2) is 6.47. The molecule has 0 radical (unpaired) electrons. The van der Waals surface area contributed by atoms with Gasteiger partial charge < -0.3 is 5.32 Å². The highest BCUT2D eigenvalue weighted by Gasteiger charge is 2.15. The Morgan fingerprint density at radius 3 is 2.74 bits per heavy atom. The van der Waals surface area contributed by atoms with Crippen molar-refractivity contribution in [3.8, 4) is 0 Å². The van der Waals surface area contributed by atoms with Gasteiger partial charge in [0.25, 0.3) is 0 Å². The molecular weight excluding hydrogens is 240 g/mol. The Bertz CT molecular complexity index is 471. The van der Waals surface area contributed by atoms with Crippen molar-refractivity contribution in [2.45, 2.75) is 45.2 Å². The summed E-state index contributed by atoms with van der Waals surface area (Å²) in [6.45, 7) is 4.39. The molecule has 2 aromatic heterocycles. The Kier molecular flexibility index (Phi) is 4.68. The first-order valence-electron chi connectivity index (χ1n) is 6.85. The number of rotatable bonds is 7. The first-order valence-corrected chi connectivity index (χ1v) is 6.85. The molecule has 0 spiro atoms. The minimum Gasteiger partial charge on any atom is -0.310 e. The van der Waals surface area contributed by atoms with Gasteiger partial charge in [0.1, 0.15) is 12.2 Å². The number of nitrogens with zero attached hydrogens (tertiary/aromatic N) is 4. The van der Waals surface area contributed by atoms with Crippen LogP contribution in [-0.4, -0.2) is 32.0 Å². The summed E-state index contributed by atoms with van der Waals surface area (Å²) in [6, 6.07) is 2.69. The SMILES string of the molecule is CCC(CC)n1ccc(CC(NC)c2ncn[nH]2)n1. The van der Waals surface area contributed by atoms with Gasteiger partial charge in [0.05, 0.1) is 17.8 Å². The van der Waals surface area contributed by atoms with Gasteiger partial charge in [0, 0.05) is 12.6 Å². The summed E-state index contributed by atoms with van der Waals surface area (Å²) in [7, 11) is 1.92. The van der Waals surface area contributed by atoms with Crippen molar-refractivity contribution in [3.05, 3.63) is 30.1 Å². The van der Waals surface area contributed by atoms with Crippen LogP contribution in [0.2, 0.25) is 0 Å². The van der Waals surface area contributed by atoms with E-state index in [1.54, 1.807) is 0 Å². The van der Waals surface area contributed by atoms with Crippen LogP contribution in [-0.2, 0) is 6.42 Å². The molecule has 19 heavy (non-hydrogen) atoms. The summed E-state index contributed by atoms with van der Waals surface area (Å²) in [5.74, 6) is 0.847. The lowest BCUT2D eigenvalue weighted by atomic mass is 10.1. The molecule has 2 heterocycles. The van der Waals surface area contributed by atoms with Crippen LogP contribution in [0.25, 0.3) is 0 Å². The van der Waals surface area contributed by atoms with E-state index in [1.807, 2.05) is 7.05 Å². The van der Waals surface area contributed by atoms with Gasteiger partial charge in [-0.1, -0.05) is 13.8 Å². The van der Waals surface area contributed by atoms with E-state index in [4.69, 9.17) is 0 Å². The van der Waals surface area contributed by atoms with E-state index in [2.05, 4.69) is 56.4 Å². The number of nitrogens with one attached hydrogen (secondary N) is 2. The summed E-state index contributed by atoms with van der Waals surface area (Å²) in [5.41, 5.74) is 1.07. The van der Waals surface area contributed by atoms with Crippen molar-refractivity contribution in [1.29, 1.82) is 0 Å². The minimum atomic E-state index is 0.118. The first kappa shape index (κ1) is 13.7. The lowest BCUT2D eigenvalue weighted by molar-refractivity contribution is 0.422. The van der Waals surface area contributed by atoms with Crippen molar-refractivity contribution in [2.24, 2.45) is 0 Å². The van der Waals surface area contributed by atoms with Gasteiger partial charge in [-0.05, 0) is 26.0 Å². The van der Waals surface area contributed by atoms with Crippen molar-refractivity contribution in [3.63, 3.8) is 0 Å². The van der Waals surface area contributed by atoms with Crippen molar-refractivity contribution < 1.29 is 0 Å². The molecule has 6 heteroatoms. The summed E-state index contributed by atoms with van der Waals surface area (Å²) in [6.07, 6.45) is 6.62. The average molecular weight is 262 g/mol. The van der Waals surface area contributed by atoms with Gasteiger partial charge in [-0.25, -0.2) is 4.98 Å². The number of hydrogen-bond donors (Lipinski definition) is 2.